The van der Waals surface area contributed by atoms with Gasteiger partial charge in [-0.3, -0.25) is 14.4 Å². The smallest absolute Gasteiger partial charge is 0.263 e. The minimum absolute atomic E-state index is 0.000154. The Morgan fingerprint density at radius 1 is 1.20 bits per heavy atom. The van der Waals surface area contributed by atoms with Crippen molar-refractivity contribution < 1.29 is 14.4 Å². The fourth-order valence-electron chi connectivity index (χ4n) is 2.35. The molecule has 0 aromatic carbocycles. The summed E-state index contributed by atoms with van der Waals surface area (Å²) in [4.78, 5) is 38.1. The Labute approximate surface area is 122 Å². The second kappa shape index (κ2) is 6.17. The Balaban J connectivity index is 1.97. The monoisotopic (exact) mass is 294 g/mol. The van der Waals surface area contributed by atoms with Crippen LogP contribution in [0.15, 0.2) is 12.1 Å². The standard InChI is InChI=1S/C14H18N2O3S/c1-9(17)11-3-4-12(20-11)14(19)16-7-5-10(6-8-16)13(18)15-2/h3-4,10H,5-8H2,1-2H3,(H,15,18). The fraction of sp³-hybridized carbons (Fsp3) is 0.500. The molecule has 2 amide bonds. The summed E-state index contributed by atoms with van der Waals surface area (Å²) in [5.41, 5.74) is 0. The zero-order valence-electron chi connectivity index (χ0n) is 11.6. The lowest BCUT2D eigenvalue weighted by Gasteiger charge is -2.30. The van der Waals surface area contributed by atoms with Crippen LogP contribution in [0.4, 0.5) is 0 Å². The van der Waals surface area contributed by atoms with Gasteiger partial charge in [0.15, 0.2) is 5.78 Å². The van der Waals surface area contributed by atoms with Crippen molar-refractivity contribution in [2.45, 2.75) is 19.8 Å². The van der Waals surface area contributed by atoms with Crippen molar-refractivity contribution in [2.24, 2.45) is 5.92 Å². The van der Waals surface area contributed by atoms with E-state index < -0.39 is 0 Å². The summed E-state index contributed by atoms with van der Waals surface area (Å²) >= 11 is 1.23. The molecule has 2 rings (SSSR count). The van der Waals surface area contributed by atoms with Crippen molar-refractivity contribution in [3.05, 3.63) is 21.9 Å². The second-order valence-electron chi connectivity index (χ2n) is 4.90. The molecule has 0 unspecified atom stereocenters. The van der Waals surface area contributed by atoms with Crippen LogP contribution in [-0.2, 0) is 4.79 Å². The van der Waals surface area contributed by atoms with Gasteiger partial charge in [0.05, 0.1) is 9.75 Å². The van der Waals surface area contributed by atoms with E-state index in [9.17, 15) is 14.4 Å². The number of carbonyl (C=O) groups excluding carboxylic acids is 3. The first-order chi connectivity index (χ1) is 9.52. The highest BCUT2D eigenvalue weighted by molar-refractivity contribution is 7.15. The van der Waals surface area contributed by atoms with Crippen molar-refractivity contribution in [1.29, 1.82) is 0 Å². The Morgan fingerprint density at radius 3 is 2.30 bits per heavy atom. The molecule has 1 aromatic rings. The topological polar surface area (TPSA) is 66.5 Å². The van der Waals surface area contributed by atoms with Gasteiger partial charge in [-0.15, -0.1) is 11.3 Å². The number of hydrogen-bond donors (Lipinski definition) is 1. The first-order valence-electron chi connectivity index (χ1n) is 6.64. The molecule has 0 saturated carbocycles. The van der Waals surface area contributed by atoms with E-state index in [0.29, 0.717) is 35.7 Å². The second-order valence-corrected chi connectivity index (χ2v) is 5.98. The molecule has 1 saturated heterocycles. The van der Waals surface area contributed by atoms with Crippen molar-refractivity contribution >= 4 is 28.9 Å². The SMILES string of the molecule is CNC(=O)C1CCN(C(=O)c2ccc(C(C)=O)s2)CC1. The summed E-state index contributed by atoms with van der Waals surface area (Å²) in [5.74, 6) is -0.0162. The molecule has 1 aliphatic heterocycles. The molecule has 2 heterocycles. The summed E-state index contributed by atoms with van der Waals surface area (Å²) in [6.45, 7) is 2.67. The Hall–Kier alpha value is -1.69. The van der Waals surface area contributed by atoms with Gasteiger partial charge in [-0.25, -0.2) is 0 Å². The van der Waals surface area contributed by atoms with Crippen LogP contribution in [-0.4, -0.2) is 42.6 Å². The van der Waals surface area contributed by atoms with Gasteiger partial charge in [0.1, 0.15) is 0 Å². The summed E-state index contributed by atoms with van der Waals surface area (Å²) in [7, 11) is 1.63. The van der Waals surface area contributed by atoms with Gasteiger partial charge in [-0.05, 0) is 31.9 Å². The van der Waals surface area contributed by atoms with E-state index >= 15 is 0 Å². The maximum absolute atomic E-state index is 12.3. The van der Waals surface area contributed by atoms with Gasteiger partial charge in [0.25, 0.3) is 5.91 Å². The van der Waals surface area contributed by atoms with Gasteiger partial charge in [-0.1, -0.05) is 0 Å². The van der Waals surface area contributed by atoms with Crippen LogP contribution in [0.25, 0.3) is 0 Å². The quantitative estimate of drug-likeness (QED) is 0.860. The molecule has 6 heteroatoms. The lowest BCUT2D eigenvalue weighted by atomic mass is 9.96. The predicted molar refractivity (Wildman–Crippen MR) is 77.0 cm³/mol. The molecule has 108 valence electrons. The molecule has 20 heavy (non-hydrogen) atoms. The molecule has 1 fully saturated rings. The summed E-state index contributed by atoms with van der Waals surface area (Å²) in [6, 6.07) is 3.39. The van der Waals surface area contributed by atoms with Crippen molar-refractivity contribution in [3.8, 4) is 0 Å². The molecular weight excluding hydrogens is 276 g/mol. The highest BCUT2D eigenvalue weighted by Gasteiger charge is 2.27. The summed E-state index contributed by atoms with van der Waals surface area (Å²) < 4.78 is 0. The molecule has 0 bridgehead atoms. The van der Waals surface area contributed by atoms with Crippen LogP contribution in [0.5, 0.6) is 0 Å². The molecule has 0 aliphatic carbocycles. The lowest BCUT2D eigenvalue weighted by Crippen LogP contribution is -2.42. The number of likely N-dealkylation sites (tertiary alicyclic amines) is 1. The van der Waals surface area contributed by atoms with Crippen LogP contribution in [0.3, 0.4) is 0 Å². The van der Waals surface area contributed by atoms with Gasteiger partial charge >= 0.3 is 0 Å². The van der Waals surface area contributed by atoms with Crippen molar-refractivity contribution in [1.82, 2.24) is 10.2 Å². The minimum Gasteiger partial charge on any atom is -0.359 e. The van der Waals surface area contributed by atoms with E-state index in [4.69, 9.17) is 0 Å². The number of hydrogen-bond acceptors (Lipinski definition) is 4. The number of nitrogens with zero attached hydrogens (tertiary/aromatic N) is 1. The van der Waals surface area contributed by atoms with Gasteiger partial charge in [0.2, 0.25) is 5.91 Å². The Bertz CT molecular complexity index is 530. The van der Waals surface area contributed by atoms with E-state index in [1.807, 2.05) is 0 Å². The lowest BCUT2D eigenvalue weighted by molar-refractivity contribution is -0.125. The fourth-order valence-corrected chi connectivity index (χ4v) is 3.22. The van der Waals surface area contributed by atoms with Gasteiger partial charge < -0.3 is 10.2 Å². The average Bonchev–Trinajstić information content (AvgIpc) is 2.96. The molecule has 1 aromatic heterocycles. The number of ketones is 1. The van der Waals surface area contributed by atoms with E-state index in [0.717, 1.165) is 0 Å². The first kappa shape index (κ1) is 14.7. The van der Waals surface area contributed by atoms with Crippen molar-refractivity contribution in [2.75, 3.05) is 20.1 Å². The van der Waals surface area contributed by atoms with Crippen LogP contribution >= 0.6 is 11.3 Å². The molecule has 0 spiro atoms. The molecule has 0 atom stereocenters. The number of carbonyl (C=O) groups is 3. The molecule has 1 aliphatic rings. The summed E-state index contributed by atoms with van der Waals surface area (Å²) in [6.07, 6.45) is 1.38. The van der Waals surface area contributed by atoms with Crippen LogP contribution in [0.2, 0.25) is 0 Å². The molecular formula is C14H18N2O3S. The predicted octanol–water partition coefficient (Wildman–Crippen LogP) is 1.55. The third-order valence-corrected chi connectivity index (χ3v) is 4.74. The molecule has 1 N–H and O–H groups in total. The van der Waals surface area contributed by atoms with Crippen LogP contribution in [0.1, 0.15) is 39.1 Å². The number of rotatable bonds is 3. The van der Waals surface area contributed by atoms with Crippen LogP contribution < -0.4 is 5.32 Å². The maximum atomic E-state index is 12.3. The van der Waals surface area contributed by atoms with Gasteiger partial charge in [-0.2, -0.15) is 0 Å². The maximum Gasteiger partial charge on any atom is 0.263 e. The third kappa shape index (κ3) is 3.07. The Kier molecular flexibility index (Phi) is 4.54. The summed E-state index contributed by atoms with van der Waals surface area (Å²) in [5, 5.41) is 2.65. The number of Topliss-reactive ketones (excluding diaryl/α,β-unsaturated/α-hetero) is 1. The zero-order chi connectivity index (χ0) is 14.7. The number of piperidine rings is 1. The third-order valence-electron chi connectivity index (χ3n) is 3.56. The number of thiophene rings is 1. The Morgan fingerprint density at radius 2 is 1.80 bits per heavy atom. The normalized spacial score (nSPS) is 16.0. The van der Waals surface area contributed by atoms with Crippen LogP contribution in [0, 0.1) is 5.92 Å². The highest BCUT2D eigenvalue weighted by atomic mass is 32.1. The number of amides is 2. The largest absolute Gasteiger partial charge is 0.359 e. The number of nitrogens with one attached hydrogen (secondary N) is 1. The molecule has 5 nitrogen and oxygen atoms in total. The highest BCUT2D eigenvalue weighted by Crippen LogP contribution is 2.23. The first-order valence-corrected chi connectivity index (χ1v) is 7.46. The van der Waals surface area contributed by atoms with Gasteiger partial charge in [0, 0.05) is 26.1 Å². The minimum atomic E-state index is -0.0437. The van der Waals surface area contributed by atoms with Crippen molar-refractivity contribution in [3.63, 3.8) is 0 Å². The van der Waals surface area contributed by atoms with E-state index in [1.165, 1.54) is 18.3 Å². The zero-order valence-corrected chi connectivity index (χ0v) is 12.5. The van der Waals surface area contributed by atoms with E-state index in [1.54, 1.807) is 24.1 Å². The van der Waals surface area contributed by atoms with E-state index in [-0.39, 0.29) is 23.5 Å². The van der Waals surface area contributed by atoms with E-state index in [2.05, 4.69) is 5.32 Å². The molecule has 0 radical (unpaired) electrons. The average molecular weight is 294 g/mol.